The highest BCUT2D eigenvalue weighted by atomic mass is 32.1. The number of nitrogens with one attached hydrogen (secondary N) is 1. The molecule has 1 N–H and O–H groups in total. The fourth-order valence-electron chi connectivity index (χ4n) is 2.35. The van der Waals surface area contributed by atoms with E-state index in [1.807, 2.05) is 0 Å². The Hall–Kier alpha value is -2.61. The zero-order valence-corrected chi connectivity index (χ0v) is 13.0. The van der Waals surface area contributed by atoms with Crippen molar-refractivity contribution < 1.29 is 14.4 Å². The molecule has 8 heteroatoms. The average Bonchev–Trinajstić information content (AvgIpc) is 3.03. The van der Waals surface area contributed by atoms with Crippen LogP contribution in [0.2, 0.25) is 0 Å². The van der Waals surface area contributed by atoms with Gasteiger partial charge in [-0.3, -0.25) is 14.5 Å². The molecule has 0 aromatic carbocycles. The van der Waals surface area contributed by atoms with Gasteiger partial charge in [-0.1, -0.05) is 18.2 Å². The van der Waals surface area contributed by atoms with Gasteiger partial charge in [0.25, 0.3) is 0 Å². The Bertz CT molecular complexity index is 721. The number of nitrogens with zero attached hydrogens (tertiary/aromatic N) is 3. The van der Waals surface area contributed by atoms with Crippen molar-refractivity contribution in [2.24, 2.45) is 10.9 Å². The van der Waals surface area contributed by atoms with Crippen molar-refractivity contribution in [1.29, 1.82) is 0 Å². The Balaban J connectivity index is 1.54. The molecule has 1 unspecified atom stereocenters. The molecule has 0 radical (unpaired) electrons. The van der Waals surface area contributed by atoms with Gasteiger partial charge in [0.15, 0.2) is 5.13 Å². The molecule has 0 saturated heterocycles. The monoisotopic (exact) mass is 330 g/mol. The lowest BCUT2D eigenvalue weighted by Gasteiger charge is -2.28. The zero-order chi connectivity index (χ0) is 16.2. The second-order valence-corrected chi connectivity index (χ2v) is 5.91. The van der Waals surface area contributed by atoms with Gasteiger partial charge in [-0.05, 0) is 12.5 Å². The van der Waals surface area contributed by atoms with E-state index in [0.717, 1.165) is 4.90 Å². The minimum atomic E-state index is -0.568. The largest absolute Gasteiger partial charge is 0.350 e. The third-order valence-corrected chi connectivity index (χ3v) is 4.14. The van der Waals surface area contributed by atoms with Crippen LogP contribution in [-0.4, -0.2) is 40.0 Å². The summed E-state index contributed by atoms with van der Waals surface area (Å²) in [5.41, 5.74) is 0.472. The first-order chi connectivity index (χ1) is 11.1. The van der Waals surface area contributed by atoms with Gasteiger partial charge in [0.1, 0.15) is 0 Å². The second-order valence-electron chi connectivity index (χ2n) is 5.02. The van der Waals surface area contributed by atoms with Crippen molar-refractivity contribution in [1.82, 2.24) is 9.88 Å². The number of carbonyl (C=O) groups excluding carboxylic acids is 3. The van der Waals surface area contributed by atoms with Crippen molar-refractivity contribution in [3.63, 3.8) is 0 Å². The number of hydrogen-bond acceptors (Lipinski definition) is 5. The molecular weight excluding hydrogens is 316 g/mol. The highest BCUT2D eigenvalue weighted by Crippen LogP contribution is 2.20. The minimum absolute atomic E-state index is 0.174. The first kappa shape index (κ1) is 15.3. The predicted molar refractivity (Wildman–Crippen MR) is 86.3 cm³/mol. The summed E-state index contributed by atoms with van der Waals surface area (Å²) < 4.78 is 0. The van der Waals surface area contributed by atoms with E-state index < -0.39 is 11.9 Å². The quantitative estimate of drug-likeness (QED) is 0.894. The number of carbonyl (C=O) groups is 3. The van der Waals surface area contributed by atoms with E-state index in [1.54, 1.807) is 35.9 Å². The molecule has 2 aliphatic rings. The van der Waals surface area contributed by atoms with Gasteiger partial charge in [-0.15, -0.1) is 11.3 Å². The molecule has 2 heterocycles. The Morgan fingerprint density at radius 2 is 2.22 bits per heavy atom. The summed E-state index contributed by atoms with van der Waals surface area (Å²) in [6, 6.07) is -0.568. The Kier molecular flexibility index (Phi) is 4.42. The van der Waals surface area contributed by atoms with Crippen LogP contribution in [0.15, 0.2) is 40.9 Å². The second kappa shape index (κ2) is 6.66. The number of allylic oxidation sites excluding steroid dienone is 3. The molecule has 118 valence electrons. The number of urea groups is 1. The van der Waals surface area contributed by atoms with Crippen molar-refractivity contribution in [3.8, 4) is 0 Å². The highest BCUT2D eigenvalue weighted by molar-refractivity contribution is 7.13. The Labute approximate surface area is 136 Å². The summed E-state index contributed by atoms with van der Waals surface area (Å²) in [5, 5.41) is 4.96. The van der Waals surface area contributed by atoms with Crippen LogP contribution < -0.4 is 5.32 Å². The smallest absolute Gasteiger partial charge is 0.302 e. The van der Waals surface area contributed by atoms with Gasteiger partial charge in [-0.25, -0.2) is 9.78 Å². The molecule has 3 rings (SSSR count). The molecule has 0 fully saturated rings. The lowest BCUT2D eigenvalue weighted by atomic mass is 9.95. The van der Waals surface area contributed by atoms with Gasteiger partial charge >= 0.3 is 6.03 Å². The highest BCUT2D eigenvalue weighted by Gasteiger charge is 2.35. The van der Waals surface area contributed by atoms with Gasteiger partial charge in [0, 0.05) is 24.5 Å². The van der Waals surface area contributed by atoms with E-state index in [0.29, 0.717) is 17.3 Å². The number of aliphatic imine (C=N–C) groups is 1. The van der Waals surface area contributed by atoms with E-state index in [1.165, 1.54) is 11.3 Å². The maximum absolute atomic E-state index is 12.3. The fourth-order valence-corrected chi connectivity index (χ4v) is 2.90. The number of thiazole rings is 1. The lowest BCUT2D eigenvalue weighted by molar-refractivity contribution is -0.129. The minimum Gasteiger partial charge on any atom is -0.302 e. The third kappa shape index (κ3) is 3.42. The molecule has 1 aliphatic heterocycles. The van der Waals surface area contributed by atoms with Crippen molar-refractivity contribution >= 4 is 40.0 Å². The van der Waals surface area contributed by atoms with Crippen molar-refractivity contribution in [2.75, 3.05) is 11.9 Å². The van der Waals surface area contributed by atoms with Crippen LogP contribution in [0.1, 0.15) is 12.8 Å². The lowest BCUT2D eigenvalue weighted by Crippen LogP contribution is -2.46. The summed E-state index contributed by atoms with van der Waals surface area (Å²) in [5.74, 6) is -0.982. The molecule has 1 atom stereocenters. The van der Waals surface area contributed by atoms with Crippen molar-refractivity contribution in [3.05, 3.63) is 35.9 Å². The molecule has 1 aromatic heterocycles. The molecule has 7 nitrogen and oxygen atoms in total. The van der Waals surface area contributed by atoms with Crippen LogP contribution >= 0.6 is 11.3 Å². The molecule has 1 aliphatic carbocycles. The van der Waals surface area contributed by atoms with E-state index in [-0.39, 0.29) is 24.8 Å². The maximum atomic E-state index is 12.3. The summed E-state index contributed by atoms with van der Waals surface area (Å²) in [4.78, 5) is 45.0. The fraction of sp³-hybridized carbons (Fsp3) is 0.267. The topological polar surface area (TPSA) is 91.7 Å². The summed E-state index contributed by atoms with van der Waals surface area (Å²) in [7, 11) is 0. The zero-order valence-electron chi connectivity index (χ0n) is 12.1. The van der Waals surface area contributed by atoms with E-state index >= 15 is 0 Å². The van der Waals surface area contributed by atoms with Gasteiger partial charge in [0.2, 0.25) is 11.8 Å². The third-order valence-electron chi connectivity index (χ3n) is 3.45. The number of rotatable bonds is 5. The van der Waals surface area contributed by atoms with Gasteiger partial charge in [-0.2, -0.15) is 4.99 Å². The molecule has 0 bridgehead atoms. The molecule has 0 spiro atoms. The number of imide groups is 1. The summed E-state index contributed by atoms with van der Waals surface area (Å²) in [6.07, 6.45) is 9.08. The van der Waals surface area contributed by atoms with Gasteiger partial charge < -0.3 is 5.32 Å². The van der Waals surface area contributed by atoms with Crippen LogP contribution in [0.4, 0.5) is 9.93 Å². The number of hydrogen-bond donors (Lipinski definition) is 1. The Morgan fingerprint density at radius 1 is 1.35 bits per heavy atom. The molecular formula is C15H14N4O3S. The molecule has 1 aromatic rings. The number of fused-ring (bicyclic) bond motifs is 1. The van der Waals surface area contributed by atoms with Crippen LogP contribution in [-0.2, 0) is 9.59 Å². The first-order valence-corrected chi connectivity index (χ1v) is 8.01. The SMILES string of the molecule is O=C(CCCN1C(=O)N=C2C=CC=CC2C1=O)Nc1nccs1. The molecule has 0 saturated carbocycles. The van der Waals surface area contributed by atoms with Crippen molar-refractivity contribution in [2.45, 2.75) is 12.8 Å². The summed E-state index contributed by atoms with van der Waals surface area (Å²) in [6.45, 7) is 0.174. The number of amides is 4. The molecule has 23 heavy (non-hydrogen) atoms. The number of aromatic nitrogens is 1. The van der Waals surface area contributed by atoms with E-state index in [2.05, 4.69) is 15.3 Å². The Morgan fingerprint density at radius 3 is 3.00 bits per heavy atom. The van der Waals surface area contributed by atoms with Crippen LogP contribution in [0.3, 0.4) is 0 Å². The normalized spacial score (nSPS) is 19.6. The maximum Gasteiger partial charge on any atom is 0.350 e. The van der Waals surface area contributed by atoms with Gasteiger partial charge in [0.05, 0.1) is 11.6 Å². The number of anilines is 1. The van der Waals surface area contributed by atoms with Crippen LogP contribution in [0.5, 0.6) is 0 Å². The summed E-state index contributed by atoms with van der Waals surface area (Å²) >= 11 is 1.33. The molecule has 4 amide bonds. The van der Waals surface area contributed by atoms with E-state index in [9.17, 15) is 14.4 Å². The van der Waals surface area contributed by atoms with Crippen LogP contribution in [0, 0.1) is 5.92 Å². The first-order valence-electron chi connectivity index (χ1n) is 7.13. The van der Waals surface area contributed by atoms with Crippen LogP contribution in [0.25, 0.3) is 0 Å². The predicted octanol–water partition coefficient (Wildman–Crippen LogP) is 2.01. The average molecular weight is 330 g/mol. The standard InChI is InChI=1S/C15H14N4O3S/c20-12(18-14-16-7-9-23-14)6-3-8-19-13(21)10-4-1-2-5-11(10)17-15(19)22/h1-2,4-5,7,9-10H,3,6,8H2,(H,16,18,20). The van der Waals surface area contributed by atoms with E-state index in [4.69, 9.17) is 0 Å².